The smallest absolute Gasteiger partial charge is 0.251 e. The molecule has 6 heteroatoms. The van der Waals surface area contributed by atoms with Gasteiger partial charge in [0.1, 0.15) is 6.10 Å². The van der Waals surface area contributed by atoms with Gasteiger partial charge in [-0.15, -0.1) is 0 Å². The van der Waals surface area contributed by atoms with E-state index >= 15 is 0 Å². The molecule has 1 atom stereocenters. The monoisotopic (exact) mass is 344 g/mol. The van der Waals surface area contributed by atoms with Gasteiger partial charge in [0.2, 0.25) is 0 Å². The van der Waals surface area contributed by atoms with Crippen molar-refractivity contribution in [1.29, 1.82) is 0 Å². The van der Waals surface area contributed by atoms with Crippen molar-refractivity contribution in [3.8, 4) is 0 Å². The lowest BCUT2D eigenvalue weighted by molar-refractivity contribution is -0.191. The summed E-state index contributed by atoms with van der Waals surface area (Å²) in [5.74, 6) is 0.195. The van der Waals surface area contributed by atoms with E-state index in [1.807, 2.05) is 6.92 Å². The maximum atomic E-state index is 12.3. The average Bonchev–Trinajstić information content (AvgIpc) is 3.30. The highest BCUT2D eigenvalue weighted by atomic mass is 32.1. The van der Waals surface area contributed by atoms with Crippen LogP contribution in [0.25, 0.3) is 0 Å². The molecule has 0 bridgehead atoms. The lowest BCUT2D eigenvalue weighted by atomic mass is 9.88. The number of ether oxygens (including phenoxy) is 2. The predicted molar refractivity (Wildman–Crippen MR) is 95.2 cm³/mol. The first-order valence-electron chi connectivity index (χ1n) is 8.81. The molecule has 1 amide bonds. The molecular formula is C17H32N2O3S. The average molecular weight is 345 g/mol. The van der Waals surface area contributed by atoms with Crippen LogP contribution in [0.4, 0.5) is 0 Å². The van der Waals surface area contributed by atoms with E-state index in [2.05, 4.69) is 23.6 Å². The fourth-order valence-electron chi connectivity index (χ4n) is 3.66. The van der Waals surface area contributed by atoms with Gasteiger partial charge >= 0.3 is 0 Å². The summed E-state index contributed by atoms with van der Waals surface area (Å²) in [6.45, 7) is 10.8. The Hall–Kier alpha value is -0.300. The lowest BCUT2D eigenvalue weighted by Gasteiger charge is -2.49. The molecule has 1 aliphatic carbocycles. The number of amides is 1. The van der Waals surface area contributed by atoms with Crippen molar-refractivity contribution in [2.24, 2.45) is 0 Å². The number of hydrogen-bond donors (Lipinski definition) is 0. The molecule has 3 aliphatic rings. The van der Waals surface area contributed by atoms with Gasteiger partial charge in [-0.05, 0) is 46.5 Å². The summed E-state index contributed by atoms with van der Waals surface area (Å²) in [4.78, 5) is 16.8. The van der Waals surface area contributed by atoms with Crippen molar-refractivity contribution < 1.29 is 14.3 Å². The minimum Gasteiger partial charge on any atom is -0.377 e. The fourth-order valence-corrected chi connectivity index (χ4v) is 3.66. The Balaban J connectivity index is 0.00000192. The zero-order chi connectivity index (χ0) is 15.7. The van der Waals surface area contributed by atoms with E-state index < -0.39 is 0 Å². The third-order valence-corrected chi connectivity index (χ3v) is 5.13. The molecule has 3 fully saturated rings. The Morgan fingerprint density at radius 3 is 2.52 bits per heavy atom. The molecule has 1 spiro atoms. The quantitative estimate of drug-likeness (QED) is 0.762. The maximum Gasteiger partial charge on any atom is 0.251 e. The van der Waals surface area contributed by atoms with Crippen LogP contribution in [0.15, 0.2) is 0 Å². The molecule has 2 aliphatic heterocycles. The minimum absolute atomic E-state index is 0. The number of piperidine rings is 1. The van der Waals surface area contributed by atoms with Crippen molar-refractivity contribution >= 4 is 19.4 Å². The second kappa shape index (κ2) is 7.72. The van der Waals surface area contributed by atoms with Crippen molar-refractivity contribution in [2.45, 2.75) is 70.3 Å². The van der Waals surface area contributed by atoms with Gasteiger partial charge in [0.25, 0.3) is 5.91 Å². The van der Waals surface area contributed by atoms with Crippen molar-refractivity contribution in [2.75, 3.05) is 32.8 Å². The number of morpholine rings is 1. The largest absolute Gasteiger partial charge is 0.377 e. The van der Waals surface area contributed by atoms with Gasteiger partial charge < -0.3 is 19.3 Å². The molecule has 3 rings (SSSR count). The van der Waals surface area contributed by atoms with Gasteiger partial charge in [-0.25, -0.2) is 0 Å². The molecule has 0 radical (unpaired) electrons. The summed E-state index contributed by atoms with van der Waals surface area (Å²) in [5, 5.41) is 0. The summed E-state index contributed by atoms with van der Waals surface area (Å²) in [7, 11) is 0. The predicted octanol–water partition coefficient (Wildman–Crippen LogP) is 1.77. The first-order chi connectivity index (χ1) is 10.5. The molecule has 0 aromatic carbocycles. The van der Waals surface area contributed by atoms with E-state index in [0.29, 0.717) is 12.1 Å². The van der Waals surface area contributed by atoms with Crippen LogP contribution >= 0.6 is 13.5 Å². The highest BCUT2D eigenvalue weighted by molar-refractivity contribution is 7.59. The van der Waals surface area contributed by atoms with Crippen LogP contribution in [0, 0.1) is 0 Å². The van der Waals surface area contributed by atoms with Crippen LogP contribution in [0.1, 0.15) is 46.5 Å². The van der Waals surface area contributed by atoms with Crippen LogP contribution in [0.5, 0.6) is 0 Å². The standard InChI is InChI=1S/C17H30N2O3.H2S/c1-13(2)21-11-10-18-8-6-17(7-9-18)12-19(15-4-5-15)16(20)14(3)22-17;/h13-15H,4-12H2,1-3H3;1H2/t14-;/m0./s1. The summed E-state index contributed by atoms with van der Waals surface area (Å²) < 4.78 is 11.8. The number of hydrogen-bond acceptors (Lipinski definition) is 4. The topological polar surface area (TPSA) is 42.0 Å². The van der Waals surface area contributed by atoms with E-state index in [4.69, 9.17) is 9.47 Å². The molecular weight excluding hydrogens is 312 g/mol. The van der Waals surface area contributed by atoms with E-state index in [1.165, 1.54) is 12.8 Å². The van der Waals surface area contributed by atoms with Gasteiger partial charge in [0.05, 0.1) is 24.9 Å². The third-order valence-electron chi connectivity index (χ3n) is 5.13. The molecule has 0 aromatic heterocycles. The second-order valence-corrected chi connectivity index (χ2v) is 7.40. The van der Waals surface area contributed by atoms with Crippen molar-refractivity contribution in [3.05, 3.63) is 0 Å². The van der Waals surface area contributed by atoms with Crippen LogP contribution < -0.4 is 0 Å². The fraction of sp³-hybridized carbons (Fsp3) is 0.941. The number of carbonyl (C=O) groups excluding carboxylic acids is 1. The van der Waals surface area contributed by atoms with Gasteiger partial charge in [-0.3, -0.25) is 4.79 Å². The highest BCUT2D eigenvalue weighted by Gasteiger charge is 2.48. The Morgan fingerprint density at radius 2 is 1.96 bits per heavy atom. The van der Waals surface area contributed by atoms with Crippen LogP contribution in [-0.4, -0.2) is 72.3 Å². The summed E-state index contributed by atoms with van der Waals surface area (Å²) in [6.07, 6.45) is 4.42. The molecule has 2 saturated heterocycles. The van der Waals surface area contributed by atoms with Crippen molar-refractivity contribution in [1.82, 2.24) is 9.80 Å². The Kier molecular flexibility index (Phi) is 6.39. The Bertz CT molecular complexity index is 407. The molecule has 5 nitrogen and oxygen atoms in total. The summed E-state index contributed by atoms with van der Waals surface area (Å²) >= 11 is 0. The van der Waals surface area contributed by atoms with Gasteiger partial charge in [-0.2, -0.15) is 13.5 Å². The van der Waals surface area contributed by atoms with Gasteiger partial charge in [0.15, 0.2) is 0 Å². The SMILES string of the molecule is CC(C)OCCN1CCC2(CC1)CN(C1CC1)C(=O)[C@H](C)O2.S. The second-order valence-electron chi connectivity index (χ2n) is 7.40. The zero-order valence-corrected chi connectivity index (χ0v) is 15.7. The van der Waals surface area contributed by atoms with E-state index in [0.717, 1.165) is 45.6 Å². The normalized spacial score (nSPS) is 28.3. The highest BCUT2D eigenvalue weighted by Crippen LogP contribution is 2.37. The molecule has 0 N–H and O–H groups in total. The number of likely N-dealkylation sites (tertiary alicyclic amines) is 1. The van der Waals surface area contributed by atoms with Crippen LogP contribution in [0.3, 0.4) is 0 Å². The van der Waals surface area contributed by atoms with Crippen LogP contribution in [-0.2, 0) is 14.3 Å². The molecule has 134 valence electrons. The van der Waals surface area contributed by atoms with Crippen LogP contribution in [0.2, 0.25) is 0 Å². The molecule has 0 unspecified atom stereocenters. The van der Waals surface area contributed by atoms with E-state index in [9.17, 15) is 4.79 Å². The number of carbonyl (C=O) groups is 1. The molecule has 1 saturated carbocycles. The number of rotatable bonds is 5. The van der Waals surface area contributed by atoms with E-state index in [-0.39, 0.29) is 31.1 Å². The first kappa shape index (κ1) is 19.0. The van der Waals surface area contributed by atoms with E-state index in [1.54, 1.807) is 0 Å². The maximum absolute atomic E-state index is 12.3. The molecule has 23 heavy (non-hydrogen) atoms. The lowest BCUT2D eigenvalue weighted by Crippen LogP contribution is -2.61. The Morgan fingerprint density at radius 1 is 1.30 bits per heavy atom. The zero-order valence-electron chi connectivity index (χ0n) is 14.7. The third kappa shape index (κ3) is 4.62. The summed E-state index contributed by atoms with van der Waals surface area (Å²) in [5.41, 5.74) is -0.106. The van der Waals surface area contributed by atoms with Gasteiger partial charge in [0, 0.05) is 25.7 Å². The first-order valence-corrected chi connectivity index (χ1v) is 8.81. The van der Waals surface area contributed by atoms with Gasteiger partial charge in [-0.1, -0.05) is 0 Å². The molecule has 2 heterocycles. The number of nitrogens with zero attached hydrogens (tertiary/aromatic N) is 2. The summed E-state index contributed by atoms with van der Waals surface area (Å²) in [6, 6.07) is 0.494. The Labute approximate surface area is 147 Å². The molecule has 0 aromatic rings. The minimum atomic E-state index is -0.273. The van der Waals surface area contributed by atoms with Crippen molar-refractivity contribution in [3.63, 3.8) is 0 Å².